The molecular weight excluding hydrogens is 242 g/mol. The van der Waals surface area contributed by atoms with Crippen molar-refractivity contribution < 1.29 is 18.1 Å². The van der Waals surface area contributed by atoms with Crippen LogP contribution in [0.3, 0.4) is 0 Å². The first-order chi connectivity index (χ1) is 6.34. The first kappa shape index (κ1) is 14.8. The Bertz CT molecular complexity index is 383. The minimum atomic E-state index is -4.62. The number of nitro benzene ring substituents is 1. The second-order valence-electron chi connectivity index (χ2n) is 2.43. The molecule has 0 fully saturated rings. The average Bonchev–Trinajstić information content (AvgIpc) is 2.01. The molecule has 15 heavy (non-hydrogen) atoms. The maximum atomic E-state index is 12.2. The number of hydrogen-bond donors (Lipinski definition) is 1. The van der Waals surface area contributed by atoms with Crippen molar-refractivity contribution in [3.05, 3.63) is 33.9 Å². The van der Waals surface area contributed by atoms with Crippen molar-refractivity contribution in [3.63, 3.8) is 0 Å². The van der Waals surface area contributed by atoms with Gasteiger partial charge < -0.3 is 0 Å². The second kappa shape index (κ2) is 5.20. The summed E-state index contributed by atoms with van der Waals surface area (Å²) in [6, 6.07) is 2.69. The molecule has 0 saturated carbocycles. The summed E-state index contributed by atoms with van der Waals surface area (Å²) in [6.07, 6.45) is -4.62. The molecule has 1 aromatic rings. The third-order valence-corrected chi connectivity index (χ3v) is 1.99. The van der Waals surface area contributed by atoms with Gasteiger partial charge in [0, 0.05) is 35.6 Å². The van der Waals surface area contributed by atoms with Crippen LogP contribution in [-0.2, 0) is 6.18 Å². The van der Waals surface area contributed by atoms with Gasteiger partial charge in [0.15, 0.2) is 0 Å². The fourth-order valence-corrected chi connectivity index (χ4v) is 1.26. The normalized spacial score (nSPS) is 10.7. The van der Waals surface area contributed by atoms with Gasteiger partial charge >= 0.3 is 6.18 Å². The Hall–Kier alpha value is -0.240. The average molecular weight is 246 g/mol. The van der Waals surface area contributed by atoms with E-state index in [2.05, 4.69) is 12.6 Å². The van der Waals surface area contributed by atoms with Gasteiger partial charge in [0.2, 0.25) is 0 Å². The van der Waals surface area contributed by atoms with E-state index >= 15 is 0 Å². The standard InChI is InChI=1S/C7H4F3NO2S.Na/c8-7(9,10)4-2-1-3-5(6(4)14)11(12)13;/h1-3,14H;. The van der Waals surface area contributed by atoms with Crippen LogP contribution in [0.4, 0.5) is 18.9 Å². The van der Waals surface area contributed by atoms with Crippen molar-refractivity contribution in [1.29, 1.82) is 0 Å². The summed E-state index contributed by atoms with van der Waals surface area (Å²) in [7, 11) is 0. The number of hydrogen-bond acceptors (Lipinski definition) is 3. The predicted octanol–water partition coefficient (Wildman–Crippen LogP) is 2.52. The predicted molar refractivity (Wildman–Crippen MR) is 51.1 cm³/mol. The zero-order valence-corrected chi connectivity index (χ0v) is 10.5. The third kappa shape index (κ3) is 3.37. The maximum absolute atomic E-state index is 12.2. The molecule has 1 aromatic carbocycles. The van der Waals surface area contributed by atoms with Crippen LogP contribution in [0.2, 0.25) is 0 Å². The summed E-state index contributed by atoms with van der Waals surface area (Å²) in [5, 5.41) is 10.3. The molecule has 0 aliphatic rings. The molecule has 0 saturated heterocycles. The molecule has 0 aromatic heterocycles. The van der Waals surface area contributed by atoms with Gasteiger partial charge in [0.05, 0.1) is 15.4 Å². The molecular formula is C7H4F3NNaO2S. The summed E-state index contributed by atoms with van der Waals surface area (Å²) in [5.74, 6) is 0. The smallest absolute Gasteiger partial charge is 0.258 e. The van der Waals surface area contributed by atoms with Crippen LogP contribution in [0.5, 0.6) is 0 Å². The quantitative estimate of drug-likeness (QED) is 0.358. The molecule has 0 heterocycles. The molecule has 0 N–H and O–H groups in total. The van der Waals surface area contributed by atoms with Gasteiger partial charge in [0.1, 0.15) is 0 Å². The number of nitrogens with zero attached hydrogens (tertiary/aromatic N) is 1. The maximum Gasteiger partial charge on any atom is 0.417 e. The first-order valence-electron chi connectivity index (χ1n) is 3.37. The van der Waals surface area contributed by atoms with E-state index in [1.807, 2.05) is 0 Å². The number of thiol groups is 1. The van der Waals surface area contributed by atoms with Gasteiger partial charge in [-0.3, -0.25) is 10.1 Å². The summed E-state index contributed by atoms with van der Waals surface area (Å²) in [5.41, 5.74) is -1.75. The Morgan fingerprint density at radius 2 is 1.87 bits per heavy atom. The van der Waals surface area contributed by atoms with Crippen LogP contribution in [0.1, 0.15) is 5.56 Å². The fraction of sp³-hybridized carbons (Fsp3) is 0.143. The molecule has 0 aliphatic carbocycles. The number of benzene rings is 1. The zero-order valence-electron chi connectivity index (χ0n) is 7.58. The molecule has 0 atom stereocenters. The summed E-state index contributed by atoms with van der Waals surface area (Å²) >= 11 is 3.48. The molecule has 0 bridgehead atoms. The van der Waals surface area contributed by atoms with Crippen molar-refractivity contribution in [2.45, 2.75) is 11.1 Å². The van der Waals surface area contributed by atoms with Crippen molar-refractivity contribution in [2.75, 3.05) is 0 Å². The SMILES string of the molecule is O=[N+]([O-])c1cccc(C(F)(F)F)c1S.[Na]. The van der Waals surface area contributed by atoms with Gasteiger partial charge in [-0.25, -0.2) is 0 Å². The van der Waals surface area contributed by atoms with Crippen LogP contribution in [-0.4, -0.2) is 34.5 Å². The van der Waals surface area contributed by atoms with Gasteiger partial charge in [-0.15, -0.1) is 12.6 Å². The monoisotopic (exact) mass is 246 g/mol. The summed E-state index contributed by atoms with van der Waals surface area (Å²) in [6.45, 7) is 0. The van der Waals surface area contributed by atoms with Gasteiger partial charge in [-0.1, -0.05) is 6.07 Å². The van der Waals surface area contributed by atoms with E-state index in [4.69, 9.17) is 0 Å². The Morgan fingerprint density at radius 1 is 1.33 bits per heavy atom. The van der Waals surface area contributed by atoms with Crippen LogP contribution in [0.15, 0.2) is 23.1 Å². The van der Waals surface area contributed by atoms with Crippen LogP contribution >= 0.6 is 12.6 Å². The second-order valence-corrected chi connectivity index (χ2v) is 2.88. The van der Waals surface area contributed by atoms with Crippen molar-refractivity contribution in [1.82, 2.24) is 0 Å². The van der Waals surface area contributed by atoms with E-state index < -0.39 is 27.2 Å². The number of rotatable bonds is 1. The van der Waals surface area contributed by atoms with Gasteiger partial charge in [-0.2, -0.15) is 13.2 Å². The van der Waals surface area contributed by atoms with E-state index in [-0.39, 0.29) is 29.6 Å². The number of halogens is 3. The number of alkyl halides is 3. The van der Waals surface area contributed by atoms with Crippen LogP contribution < -0.4 is 0 Å². The van der Waals surface area contributed by atoms with Gasteiger partial charge in [0.25, 0.3) is 5.69 Å². The van der Waals surface area contributed by atoms with Crippen LogP contribution in [0.25, 0.3) is 0 Å². The molecule has 8 heteroatoms. The van der Waals surface area contributed by atoms with Crippen molar-refractivity contribution in [2.24, 2.45) is 0 Å². The van der Waals surface area contributed by atoms with E-state index in [0.29, 0.717) is 0 Å². The largest absolute Gasteiger partial charge is 0.417 e. The third-order valence-electron chi connectivity index (χ3n) is 1.52. The zero-order chi connectivity index (χ0) is 10.9. The fourth-order valence-electron chi connectivity index (χ4n) is 0.907. The Kier molecular flexibility index (Phi) is 5.12. The van der Waals surface area contributed by atoms with E-state index in [1.54, 1.807) is 0 Å². The summed E-state index contributed by atoms with van der Waals surface area (Å²) < 4.78 is 36.7. The minimum Gasteiger partial charge on any atom is -0.258 e. The van der Waals surface area contributed by atoms with Crippen LogP contribution in [0, 0.1) is 10.1 Å². The molecule has 77 valence electrons. The molecule has 3 nitrogen and oxygen atoms in total. The number of nitro groups is 1. The van der Waals surface area contributed by atoms with Crippen molar-refractivity contribution >= 4 is 47.9 Å². The Labute approximate surface area is 111 Å². The molecule has 1 rings (SSSR count). The van der Waals surface area contributed by atoms with E-state index in [9.17, 15) is 23.3 Å². The van der Waals surface area contributed by atoms with Gasteiger partial charge in [-0.05, 0) is 6.07 Å². The summed E-state index contributed by atoms with van der Waals surface area (Å²) in [4.78, 5) is 8.72. The molecule has 0 amide bonds. The molecule has 0 unspecified atom stereocenters. The van der Waals surface area contributed by atoms with E-state index in [0.717, 1.165) is 18.2 Å². The molecule has 0 spiro atoms. The molecule has 0 aliphatic heterocycles. The first-order valence-corrected chi connectivity index (χ1v) is 3.82. The minimum absolute atomic E-state index is 0. The Morgan fingerprint density at radius 3 is 2.27 bits per heavy atom. The Balaban J connectivity index is 0.00000196. The molecule has 1 radical (unpaired) electrons. The van der Waals surface area contributed by atoms with E-state index in [1.165, 1.54) is 0 Å². The van der Waals surface area contributed by atoms with Crippen molar-refractivity contribution in [3.8, 4) is 0 Å². The topological polar surface area (TPSA) is 43.1 Å².